The van der Waals surface area contributed by atoms with Crippen LogP contribution < -0.4 is 15.0 Å². The number of nitrogens with one attached hydrogen (secondary N) is 1. The van der Waals surface area contributed by atoms with Crippen LogP contribution in [0, 0.1) is 0 Å². The fraction of sp³-hybridized carbons (Fsp3) is 0.350. The number of carbonyl (C=O) groups excluding carboxylic acids is 2. The molecule has 1 aromatic carbocycles. The first-order chi connectivity index (χ1) is 13.2. The molecule has 1 aliphatic rings. The van der Waals surface area contributed by atoms with Gasteiger partial charge in [0.2, 0.25) is 0 Å². The fourth-order valence-electron chi connectivity index (χ4n) is 2.93. The molecule has 1 saturated heterocycles. The molecule has 0 atom stereocenters. The van der Waals surface area contributed by atoms with E-state index >= 15 is 0 Å². The highest BCUT2D eigenvalue weighted by Crippen LogP contribution is 2.20. The number of hydrogen-bond donors (Lipinski definition) is 1. The van der Waals surface area contributed by atoms with Gasteiger partial charge in [-0.25, -0.2) is 14.6 Å². The van der Waals surface area contributed by atoms with Crippen molar-refractivity contribution in [1.82, 2.24) is 4.98 Å². The molecule has 2 aromatic rings. The zero-order valence-electron chi connectivity index (χ0n) is 15.3. The molecule has 142 valence electrons. The highest BCUT2D eigenvalue weighted by Gasteiger charge is 2.14. The molecule has 1 aliphatic heterocycles. The van der Waals surface area contributed by atoms with Gasteiger partial charge in [0.25, 0.3) is 0 Å². The number of aromatic nitrogens is 1. The maximum absolute atomic E-state index is 12.3. The third-order valence-electron chi connectivity index (χ3n) is 4.41. The van der Waals surface area contributed by atoms with Crippen molar-refractivity contribution < 1.29 is 19.1 Å². The average Bonchev–Trinajstić information content (AvgIpc) is 2.99. The summed E-state index contributed by atoms with van der Waals surface area (Å²) < 4.78 is 9.88. The number of anilines is 2. The molecule has 1 amide bonds. The van der Waals surface area contributed by atoms with E-state index in [1.165, 1.54) is 32.8 Å². The molecule has 0 aliphatic carbocycles. The third-order valence-corrected chi connectivity index (χ3v) is 4.41. The van der Waals surface area contributed by atoms with E-state index in [4.69, 9.17) is 4.74 Å². The second-order valence-corrected chi connectivity index (χ2v) is 6.34. The lowest BCUT2D eigenvalue weighted by Gasteiger charge is -2.21. The van der Waals surface area contributed by atoms with Crippen LogP contribution in [0.15, 0.2) is 42.6 Å². The Kier molecular flexibility index (Phi) is 6.25. The number of esters is 1. The number of amides is 1. The van der Waals surface area contributed by atoms with E-state index < -0.39 is 12.1 Å². The summed E-state index contributed by atoms with van der Waals surface area (Å²) >= 11 is 0. The lowest BCUT2D eigenvalue weighted by molar-refractivity contribution is 0.0734. The highest BCUT2D eigenvalue weighted by atomic mass is 16.5. The number of pyridine rings is 1. The molecule has 1 fully saturated rings. The number of nitrogens with zero attached hydrogens (tertiary/aromatic N) is 2. The molecule has 7 heteroatoms. The van der Waals surface area contributed by atoms with Gasteiger partial charge in [-0.05, 0) is 49.2 Å². The summed E-state index contributed by atoms with van der Waals surface area (Å²) in [7, 11) is 1.29. The maximum Gasteiger partial charge on any atom is 0.411 e. The molecule has 0 unspecified atom stereocenters. The first kappa shape index (κ1) is 18.7. The van der Waals surface area contributed by atoms with E-state index in [1.54, 1.807) is 36.5 Å². The first-order valence-electron chi connectivity index (χ1n) is 9.04. The van der Waals surface area contributed by atoms with E-state index in [2.05, 4.69) is 19.9 Å². The van der Waals surface area contributed by atoms with Gasteiger partial charge in [-0.1, -0.05) is 12.8 Å². The van der Waals surface area contributed by atoms with E-state index in [0.717, 1.165) is 18.9 Å². The van der Waals surface area contributed by atoms with E-state index in [1.807, 2.05) is 6.07 Å². The van der Waals surface area contributed by atoms with Crippen LogP contribution in [-0.4, -0.2) is 37.2 Å². The second-order valence-electron chi connectivity index (χ2n) is 6.34. The normalized spacial score (nSPS) is 14.2. The van der Waals surface area contributed by atoms with Crippen LogP contribution in [0.1, 0.15) is 36.0 Å². The second kappa shape index (κ2) is 9.02. The number of carbonyl (C=O) groups is 2. The van der Waals surface area contributed by atoms with Gasteiger partial charge in [0.1, 0.15) is 11.6 Å². The molecule has 0 bridgehead atoms. The van der Waals surface area contributed by atoms with Crippen molar-refractivity contribution in [1.29, 1.82) is 0 Å². The summed E-state index contributed by atoms with van der Waals surface area (Å²) in [5, 5.41) is 2.53. The van der Waals surface area contributed by atoms with Crippen LogP contribution in [0.3, 0.4) is 0 Å². The Hall–Kier alpha value is -3.09. The Morgan fingerprint density at radius 3 is 2.30 bits per heavy atom. The van der Waals surface area contributed by atoms with Crippen molar-refractivity contribution in [3.05, 3.63) is 48.2 Å². The van der Waals surface area contributed by atoms with Crippen molar-refractivity contribution >= 4 is 23.6 Å². The smallest absolute Gasteiger partial charge is 0.411 e. The van der Waals surface area contributed by atoms with Crippen molar-refractivity contribution in [2.24, 2.45) is 0 Å². The van der Waals surface area contributed by atoms with Gasteiger partial charge in [0.05, 0.1) is 12.7 Å². The molecule has 3 rings (SSSR count). The molecule has 0 radical (unpaired) electrons. The molecule has 0 spiro atoms. The van der Waals surface area contributed by atoms with Gasteiger partial charge in [-0.3, -0.25) is 5.32 Å². The van der Waals surface area contributed by atoms with Crippen LogP contribution >= 0.6 is 0 Å². The van der Waals surface area contributed by atoms with Gasteiger partial charge in [0, 0.05) is 25.0 Å². The number of methoxy groups -OCH3 is 1. The van der Waals surface area contributed by atoms with E-state index in [9.17, 15) is 9.59 Å². The largest absolute Gasteiger partial charge is 0.453 e. The van der Waals surface area contributed by atoms with Crippen LogP contribution in [0.25, 0.3) is 0 Å². The number of hydrogen-bond acceptors (Lipinski definition) is 6. The van der Waals surface area contributed by atoms with E-state index in [0.29, 0.717) is 17.0 Å². The Balaban J connectivity index is 1.59. The van der Waals surface area contributed by atoms with Gasteiger partial charge in [-0.15, -0.1) is 0 Å². The van der Waals surface area contributed by atoms with Crippen molar-refractivity contribution in [2.75, 3.05) is 30.4 Å². The molecular formula is C20H23N3O4. The summed E-state index contributed by atoms with van der Waals surface area (Å²) in [5.41, 5.74) is 0.940. The molecule has 2 heterocycles. The number of benzene rings is 1. The maximum atomic E-state index is 12.3. The summed E-state index contributed by atoms with van der Waals surface area (Å²) in [4.78, 5) is 30.1. The van der Waals surface area contributed by atoms with E-state index in [-0.39, 0.29) is 0 Å². The SMILES string of the molecule is COC(=O)Nc1ccc(OC(=O)c2ccc(N3CCCCCC3)nc2)cc1. The molecule has 1 aromatic heterocycles. The lowest BCUT2D eigenvalue weighted by Crippen LogP contribution is -2.25. The Bertz CT molecular complexity index is 767. The zero-order valence-corrected chi connectivity index (χ0v) is 15.3. The van der Waals surface area contributed by atoms with Gasteiger partial charge >= 0.3 is 12.1 Å². The van der Waals surface area contributed by atoms with Crippen LogP contribution in [-0.2, 0) is 4.74 Å². The Morgan fingerprint density at radius 2 is 1.70 bits per heavy atom. The van der Waals surface area contributed by atoms with Gasteiger partial charge in [-0.2, -0.15) is 0 Å². The Labute approximate surface area is 158 Å². The fourth-order valence-corrected chi connectivity index (χ4v) is 2.93. The molecular weight excluding hydrogens is 346 g/mol. The number of rotatable bonds is 4. The summed E-state index contributed by atoms with van der Waals surface area (Å²) in [6, 6.07) is 10.1. The van der Waals surface area contributed by atoms with Crippen LogP contribution in [0.2, 0.25) is 0 Å². The van der Waals surface area contributed by atoms with Gasteiger partial charge in [0.15, 0.2) is 0 Å². The molecule has 0 saturated carbocycles. The standard InChI is InChI=1S/C20H23N3O4/c1-26-20(25)22-16-7-9-17(10-8-16)27-19(24)15-6-11-18(21-14-15)23-12-4-2-3-5-13-23/h6-11,14H,2-5,12-13H2,1H3,(H,22,25). The minimum atomic E-state index is -0.560. The van der Waals surface area contributed by atoms with Crippen LogP contribution in [0.5, 0.6) is 5.75 Å². The van der Waals surface area contributed by atoms with Crippen molar-refractivity contribution in [3.8, 4) is 5.75 Å². The zero-order chi connectivity index (χ0) is 19.1. The predicted molar refractivity (Wildman–Crippen MR) is 102 cm³/mol. The Morgan fingerprint density at radius 1 is 1.00 bits per heavy atom. The number of ether oxygens (including phenoxy) is 2. The van der Waals surface area contributed by atoms with Crippen LogP contribution in [0.4, 0.5) is 16.3 Å². The average molecular weight is 369 g/mol. The molecule has 27 heavy (non-hydrogen) atoms. The quantitative estimate of drug-likeness (QED) is 0.651. The molecule has 7 nitrogen and oxygen atoms in total. The predicted octanol–water partition coefficient (Wildman–Crippen LogP) is 3.86. The summed E-state index contributed by atoms with van der Waals surface area (Å²) in [6.45, 7) is 2.01. The minimum Gasteiger partial charge on any atom is -0.453 e. The lowest BCUT2D eigenvalue weighted by atomic mass is 10.2. The summed E-state index contributed by atoms with van der Waals surface area (Å²) in [5.74, 6) is 0.803. The minimum absolute atomic E-state index is 0.381. The summed E-state index contributed by atoms with van der Waals surface area (Å²) in [6.07, 6.45) is 5.85. The monoisotopic (exact) mass is 369 g/mol. The van der Waals surface area contributed by atoms with Crippen molar-refractivity contribution in [2.45, 2.75) is 25.7 Å². The molecule has 1 N–H and O–H groups in total. The van der Waals surface area contributed by atoms with Crippen molar-refractivity contribution in [3.63, 3.8) is 0 Å². The third kappa shape index (κ3) is 5.20. The first-order valence-corrected chi connectivity index (χ1v) is 9.04. The highest BCUT2D eigenvalue weighted by molar-refractivity contribution is 5.91. The van der Waals surface area contributed by atoms with Gasteiger partial charge < -0.3 is 14.4 Å². The topological polar surface area (TPSA) is 80.8 Å².